The number of ether oxygens (including phenoxy) is 1. The van der Waals surface area contributed by atoms with Crippen LogP contribution in [0.2, 0.25) is 0 Å². The van der Waals surface area contributed by atoms with E-state index in [4.69, 9.17) is 4.74 Å². The third-order valence-electron chi connectivity index (χ3n) is 3.59. The van der Waals surface area contributed by atoms with Crippen molar-refractivity contribution in [1.29, 1.82) is 0 Å². The zero-order valence-electron chi connectivity index (χ0n) is 12.6. The molecule has 0 atom stereocenters. The van der Waals surface area contributed by atoms with E-state index in [0.29, 0.717) is 11.3 Å². The first-order valence-corrected chi connectivity index (χ1v) is 7.18. The van der Waals surface area contributed by atoms with Crippen LogP contribution in [-0.2, 0) is 0 Å². The van der Waals surface area contributed by atoms with Gasteiger partial charge in [0, 0.05) is 17.1 Å². The first kappa shape index (κ1) is 14.1. The number of hydrogen-bond donors (Lipinski definition) is 0. The van der Waals surface area contributed by atoms with Gasteiger partial charge in [-0.1, -0.05) is 18.2 Å². The Labute approximate surface area is 129 Å². The van der Waals surface area contributed by atoms with Crippen molar-refractivity contribution in [2.75, 3.05) is 0 Å². The van der Waals surface area contributed by atoms with Crippen LogP contribution >= 0.6 is 0 Å². The number of nitrogens with zero attached hydrogens (tertiary/aromatic N) is 1. The lowest BCUT2D eigenvalue weighted by atomic mass is 10.2. The molecule has 3 heteroatoms. The number of carbonyl (C=O) groups is 1. The van der Waals surface area contributed by atoms with Gasteiger partial charge in [-0.3, -0.25) is 0 Å². The molecular formula is C19H17NO2. The molecule has 0 radical (unpaired) electrons. The third kappa shape index (κ3) is 2.79. The highest BCUT2D eigenvalue weighted by Crippen LogP contribution is 2.20. The van der Waals surface area contributed by atoms with Gasteiger partial charge in [0.25, 0.3) is 0 Å². The minimum absolute atomic E-state index is 0.346. The maximum atomic E-state index is 12.0. The van der Waals surface area contributed by atoms with E-state index >= 15 is 0 Å². The molecule has 3 nitrogen and oxygen atoms in total. The second kappa shape index (κ2) is 5.90. The van der Waals surface area contributed by atoms with Crippen LogP contribution in [0.3, 0.4) is 0 Å². The third-order valence-corrected chi connectivity index (χ3v) is 3.59. The van der Waals surface area contributed by atoms with Crippen molar-refractivity contribution >= 4 is 5.97 Å². The molecule has 0 fully saturated rings. The normalized spacial score (nSPS) is 10.5. The standard InChI is InChI=1S/C19H17NO2/c1-14-8-9-15(2)20(14)17-10-12-18(13-11-17)22-19(21)16-6-4-3-5-7-16/h3-13H,1-2H3. The average Bonchev–Trinajstić information content (AvgIpc) is 2.88. The number of aryl methyl sites for hydroxylation is 2. The molecule has 0 saturated carbocycles. The SMILES string of the molecule is Cc1ccc(C)n1-c1ccc(OC(=O)c2ccccc2)cc1. The van der Waals surface area contributed by atoms with Crippen LogP contribution in [0.1, 0.15) is 21.7 Å². The monoisotopic (exact) mass is 291 g/mol. The van der Waals surface area contributed by atoms with E-state index in [-0.39, 0.29) is 5.97 Å². The molecule has 1 heterocycles. The van der Waals surface area contributed by atoms with E-state index in [9.17, 15) is 4.79 Å². The van der Waals surface area contributed by atoms with Crippen molar-refractivity contribution in [2.45, 2.75) is 13.8 Å². The molecule has 3 rings (SSSR count). The number of hydrogen-bond acceptors (Lipinski definition) is 2. The zero-order valence-corrected chi connectivity index (χ0v) is 12.6. The number of carbonyl (C=O) groups excluding carboxylic acids is 1. The van der Waals surface area contributed by atoms with Gasteiger partial charge in [-0.25, -0.2) is 4.79 Å². The molecule has 0 N–H and O–H groups in total. The number of rotatable bonds is 3. The summed E-state index contributed by atoms with van der Waals surface area (Å²) in [5.74, 6) is 0.196. The number of aromatic nitrogens is 1. The van der Waals surface area contributed by atoms with Gasteiger partial charge in [-0.05, 0) is 62.4 Å². The Hall–Kier alpha value is -2.81. The van der Waals surface area contributed by atoms with E-state index in [2.05, 4.69) is 30.5 Å². The maximum absolute atomic E-state index is 12.0. The lowest BCUT2D eigenvalue weighted by Crippen LogP contribution is -2.08. The fraction of sp³-hybridized carbons (Fsp3) is 0.105. The van der Waals surface area contributed by atoms with E-state index < -0.39 is 0 Å². The van der Waals surface area contributed by atoms with E-state index in [0.717, 1.165) is 5.69 Å². The minimum Gasteiger partial charge on any atom is -0.423 e. The van der Waals surface area contributed by atoms with Crippen molar-refractivity contribution in [1.82, 2.24) is 4.57 Å². The Morgan fingerprint density at radius 2 is 1.41 bits per heavy atom. The smallest absolute Gasteiger partial charge is 0.343 e. The van der Waals surface area contributed by atoms with Gasteiger partial charge in [0.05, 0.1) is 5.56 Å². The van der Waals surface area contributed by atoms with Gasteiger partial charge in [0.1, 0.15) is 5.75 Å². The van der Waals surface area contributed by atoms with Crippen molar-refractivity contribution in [3.63, 3.8) is 0 Å². The van der Waals surface area contributed by atoms with Crippen molar-refractivity contribution in [3.8, 4) is 11.4 Å². The highest BCUT2D eigenvalue weighted by atomic mass is 16.5. The van der Waals surface area contributed by atoms with Crippen molar-refractivity contribution in [2.24, 2.45) is 0 Å². The van der Waals surface area contributed by atoms with Crippen LogP contribution in [0.25, 0.3) is 5.69 Å². The maximum Gasteiger partial charge on any atom is 0.343 e. The fourth-order valence-electron chi connectivity index (χ4n) is 2.48. The molecule has 2 aromatic carbocycles. The molecule has 0 amide bonds. The number of esters is 1. The summed E-state index contributed by atoms with van der Waals surface area (Å²) in [7, 11) is 0. The Kier molecular flexibility index (Phi) is 3.79. The second-order valence-corrected chi connectivity index (χ2v) is 5.20. The average molecular weight is 291 g/mol. The minimum atomic E-state index is -0.346. The van der Waals surface area contributed by atoms with Gasteiger partial charge in [0.15, 0.2) is 0 Å². The van der Waals surface area contributed by atoms with Gasteiger partial charge in [-0.15, -0.1) is 0 Å². The molecule has 22 heavy (non-hydrogen) atoms. The van der Waals surface area contributed by atoms with Gasteiger partial charge in [-0.2, -0.15) is 0 Å². The fourth-order valence-corrected chi connectivity index (χ4v) is 2.48. The molecule has 0 saturated heterocycles. The zero-order chi connectivity index (χ0) is 15.5. The lowest BCUT2D eigenvalue weighted by molar-refractivity contribution is 0.0735. The molecule has 0 bridgehead atoms. The highest BCUT2D eigenvalue weighted by molar-refractivity contribution is 5.90. The van der Waals surface area contributed by atoms with Crippen LogP contribution in [0.5, 0.6) is 5.75 Å². The van der Waals surface area contributed by atoms with E-state index in [1.807, 2.05) is 42.5 Å². The van der Waals surface area contributed by atoms with Gasteiger partial charge in [0.2, 0.25) is 0 Å². The van der Waals surface area contributed by atoms with Crippen LogP contribution < -0.4 is 4.74 Å². The molecule has 0 unspecified atom stereocenters. The Bertz CT molecular complexity index is 767. The van der Waals surface area contributed by atoms with Crippen LogP contribution in [0.15, 0.2) is 66.7 Å². The predicted molar refractivity (Wildman–Crippen MR) is 86.6 cm³/mol. The Morgan fingerprint density at radius 3 is 2.00 bits per heavy atom. The number of benzene rings is 2. The summed E-state index contributed by atoms with van der Waals surface area (Å²) in [6.07, 6.45) is 0. The van der Waals surface area contributed by atoms with Crippen molar-refractivity contribution < 1.29 is 9.53 Å². The Balaban J connectivity index is 1.79. The largest absolute Gasteiger partial charge is 0.423 e. The van der Waals surface area contributed by atoms with Gasteiger partial charge < -0.3 is 9.30 Å². The first-order valence-electron chi connectivity index (χ1n) is 7.18. The quantitative estimate of drug-likeness (QED) is 0.532. The van der Waals surface area contributed by atoms with E-state index in [1.165, 1.54) is 11.4 Å². The molecular weight excluding hydrogens is 274 g/mol. The molecule has 110 valence electrons. The second-order valence-electron chi connectivity index (χ2n) is 5.20. The summed E-state index contributed by atoms with van der Waals surface area (Å²) in [4.78, 5) is 12.0. The molecule has 0 aliphatic heterocycles. The summed E-state index contributed by atoms with van der Waals surface area (Å²) >= 11 is 0. The topological polar surface area (TPSA) is 31.2 Å². The molecule has 1 aromatic heterocycles. The summed E-state index contributed by atoms with van der Waals surface area (Å²) in [6.45, 7) is 4.13. The summed E-state index contributed by atoms with van der Waals surface area (Å²) < 4.78 is 7.54. The summed E-state index contributed by atoms with van der Waals surface area (Å²) in [5.41, 5.74) is 3.95. The predicted octanol–water partition coefficient (Wildman–Crippen LogP) is 4.31. The summed E-state index contributed by atoms with van der Waals surface area (Å²) in [5, 5.41) is 0. The molecule has 3 aromatic rings. The molecule has 0 aliphatic carbocycles. The Morgan fingerprint density at radius 1 is 0.818 bits per heavy atom. The summed E-state index contributed by atoms with van der Waals surface area (Å²) in [6, 6.07) is 20.7. The van der Waals surface area contributed by atoms with Gasteiger partial charge >= 0.3 is 5.97 Å². The first-order chi connectivity index (χ1) is 10.6. The van der Waals surface area contributed by atoms with E-state index in [1.54, 1.807) is 12.1 Å². The van der Waals surface area contributed by atoms with Crippen LogP contribution in [0, 0.1) is 13.8 Å². The molecule has 0 aliphatic rings. The van der Waals surface area contributed by atoms with Crippen LogP contribution in [-0.4, -0.2) is 10.5 Å². The lowest BCUT2D eigenvalue weighted by Gasteiger charge is -2.10. The van der Waals surface area contributed by atoms with Crippen molar-refractivity contribution in [3.05, 3.63) is 83.7 Å². The van der Waals surface area contributed by atoms with Crippen LogP contribution in [0.4, 0.5) is 0 Å². The molecule has 0 spiro atoms. The highest BCUT2D eigenvalue weighted by Gasteiger charge is 2.08.